The van der Waals surface area contributed by atoms with E-state index in [1.807, 2.05) is 38.0 Å². The number of carbonyl (C=O) groups excluding carboxylic acids is 2. The van der Waals surface area contributed by atoms with Gasteiger partial charge in [0.25, 0.3) is 0 Å². The number of rotatable bonds is 15. The molecule has 2 heterocycles. The number of hydrogen-bond acceptors (Lipinski definition) is 12. The van der Waals surface area contributed by atoms with Crippen LogP contribution in [0, 0.1) is 11.6 Å². The highest BCUT2D eigenvalue weighted by Gasteiger charge is 2.22. The number of amides is 2. The van der Waals surface area contributed by atoms with Crippen LogP contribution in [0.2, 0.25) is 0 Å². The van der Waals surface area contributed by atoms with E-state index < -0.39 is 35.1 Å². The molecule has 0 atom stereocenters. The molecule has 62 heavy (non-hydrogen) atoms. The number of carbonyl (C=O) groups is 2. The van der Waals surface area contributed by atoms with Crippen molar-refractivity contribution in [2.45, 2.75) is 37.4 Å². The summed E-state index contributed by atoms with van der Waals surface area (Å²) in [5.41, 5.74) is 2.80. The Morgan fingerprint density at radius 2 is 0.919 bits per heavy atom. The summed E-state index contributed by atoms with van der Waals surface area (Å²) in [4.78, 5) is 57.5. The van der Waals surface area contributed by atoms with Crippen LogP contribution >= 0.6 is 21.6 Å². The van der Waals surface area contributed by atoms with Crippen molar-refractivity contribution in [1.29, 1.82) is 0 Å². The number of nitrogens with zero attached hydrogens (tertiary/aromatic N) is 4. The van der Waals surface area contributed by atoms with Crippen molar-refractivity contribution in [2.24, 2.45) is 0 Å². The SMILES string of the molecule is CN(C)Cc1c(Cc2cccc(CSSCc3cccc(Cc4c(CN(C)C)c5ccc(OC(=O)N(C)C)cc5oc4=O)c3F)c2F)c(=O)oc2cc(OC(=O)N(C)C)ccc12. The molecule has 6 rings (SSSR count). The van der Waals surface area contributed by atoms with E-state index in [9.17, 15) is 19.2 Å². The number of hydrogen-bond donors (Lipinski definition) is 0. The van der Waals surface area contributed by atoms with Crippen molar-refractivity contribution in [3.8, 4) is 11.5 Å². The van der Waals surface area contributed by atoms with E-state index in [4.69, 9.17) is 18.3 Å². The molecule has 4 aromatic carbocycles. The van der Waals surface area contributed by atoms with E-state index in [0.717, 1.165) is 0 Å². The van der Waals surface area contributed by atoms with Gasteiger partial charge in [-0.1, -0.05) is 58.0 Å². The molecule has 0 saturated heterocycles. The van der Waals surface area contributed by atoms with Crippen LogP contribution in [0.25, 0.3) is 21.9 Å². The third-order valence-electron chi connectivity index (χ3n) is 9.84. The minimum absolute atomic E-state index is 0.00659. The van der Waals surface area contributed by atoms with Crippen LogP contribution in [-0.2, 0) is 37.4 Å². The van der Waals surface area contributed by atoms with Crippen molar-refractivity contribution in [3.63, 3.8) is 0 Å². The fourth-order valence-electron chi connectivity index (χ4n) is 6.78. The van der Waals surface area contributed by atoms with Crippen molar-refractivity contribution < 1.29 is 36.7 Å². The summed E-state index contributed by atoms with van der Waals surface area (Å²) in [6.45, 7) is 0.760. The molecule has 0 fully saturated rings. The van der Waals surface area contributed by atoms with Crippen molar-refractivity contribution >= 4 is 55.7 Å². The first-order chi connectivity index (χ1) is 29.5. The molecule has 0 radical (unpaired) electrons. The smallest absolute Gasteiger partial charge is 0.414 e. The lowest BCUT2D eigenvalue weighted by molar-refractivity contribution is 0.171. The topological polar surface area (TPSA) is 126 Å². The van der Waals surface area contributed by atoms with E-state index in [-0.39, 0.29) is 47.0 Å². The number of halogens is 2. The maximum absolute atomic E-state index is 16.1. The first-order valence-corrected chi connectivity index (χ1v) is 22.0. The molecule has 0 aliphatic rings. The summed E-state index contributed by atoms with van der Waals surface area (Å²) in [5.74, 6) is 0.116. The fraction of sp³-hybridized carbons (Fsp3) is 0.304. The van der Waals surface area contributed by atoms with Crippen LogP contribution in [0.4, 0.5) is 18.4 Å². The second-order valence-corrected chi connectivity index (χ2v) is 18.1. The van der Waals surface area contributed by atoms with Gasteiger partial charge in [0, 0.05) is 99.7 Å². The monoisotopic (exact) mass is 886 g/mol. The average Bonchev–Trinajstić information content (AvgIpc) is 3.20. The largest absolute Gasteiger partial charge is 0.422 e. The van der Waals surface area contributed by atoms with E-state index in [2.05, 4.69) is 0 Å². The molecule has 2 aromatic heterocycles. The molecule has 0 saturated carbocycles. The van der Waals surface area contributed by atoms with Gasteiger partial charge in [0.1, 0.15) is 34.3 Å². The van der Waals surface area contributed by atoms with Crippen LogP contribution in [-0.4, -0.2) is 88.2 Å². The Bertz CT molecular complexity index is 2570. The average molecular weight is 887 g/mol. The highest BCUT2D eigenvalue weighted by molar-refractivity contribution is 8.76. The van der Waals surface area contributed by atoms with Crippen molar-refractivity contribution in [3.05, 3.63) is 150 Å². The predicted molar refractivity (Wildman–Crippen MR) is 240 cm³/mol. The van der Waals surface area contributed by atoms with E-state index in [0.29, 0.717) is 68.4 Å². The molecule has 2 amide bonds. The maximum Gasteiger partial charge on any atom is 0.414 e. The third kappa shape index (κ3) is 10.8. The van der Waals surface area contributed by atoms with E-state index in [1.54, 1.807) is 88.9 Å². The zero-order chi connectivity index (χ0) is 44.8. The number of fused-ring (bicyclic) bond motifs is 2. The Morgan fingerprint density at radius 3 is 1.27 bits per heavy atom. The first kappa shape index (κ1) is 45.8. The first-order valence-electron chi connectivity index (χ1n) is 19.5. The molecule has 12 nitrogen and oxygen atoms in total. The zero-order valence-electron chi connectivity index (χ0n) is 35.8. The lowest BCUT2D eigenvalue weighted by Gasteiger charge is -2.17. The second-order valence-electron chi connectivity index (χ2n) is 15.7. The summed E-state index contributed by atoms with van der Waals surface area (Å²) in [6, 6.07) is 19.8. The Balaban J connectivity index is 1.16. The zero-order valence-corrected chi connectivity index (χ0v) is 37.4. The molecule has 6 aromatic rings. The van der Waals surface area contributed by atoms with Gasteiger partial charge in [0.15, 0.2) is 0 Å². The van der Waals surface area contributed by atoms with Crippen LogP contribution in [0.1, 0.15) is 44.5 Å². The third-order valence-corrected chi connectivity index (χ3v) is 12.1. The number of benzene rings is 4. The summed E-state index contributed by atoms with van der Waals surface area (Å²) in [6.07, 6.45) is -1.16. The second kappa shape index (κ2) is 20.0. The Morgan fingerprint density at radius 1 is 0.548 bits per heavy atom. The van der Waals surface area contributed by atoms with Crippen LogP contribution in [0.3, 0.4) is 0 Å². The minimum atomic E-state index is -0.613. The Kier molecular flexibility index (Phi) is 14.8. The van der Waals surface area contributed by atoms with Crippen LogP contribution in [0.5, 0.6) is 11.5 Å². The molecular weight excluding hydrogens is 839 g/mol. The Labute approximate surface area is 365 Å². The van der Waals surface area contributed by atoms with Gasteiger partial charge < -0.3 is 37.9 Å². The van der Waals surface area contributed by atoms with Crippen molar-refractivity contribution in [1.82, 2.24) is 19.6 Å². The van der Waals surface area contributed by atoms with Gasteiger partial charge in [-0.15, -0.1) is 0 Å². The van der Waals surface area contributed by atoms with Gasteiger partial charge >= 0.3 is 23.4 Å². The van der Waals surface area contributed by atoms with Gasteiger partial charge in [0.05, 0.1) is 0 Å². The highest BCUT2D eigenvalue weighted by atomic mass is 33.1. The molecule has 326 valence electrons. The maximum atomic E-state index is 16.1. The summed E-state index contributed by atoms with van der Waals surface area (Å²) in [7, 11) is 16.5. The summed E-state index contributed by atoms with van der Waals surface area (Å²) >= 11 is 0. The molecule has 0 unspecified atom stereocenters. The minimum Gasteiger partial charge on any atom is -0.422 e. The molecule has 0 spiro atoms. The predicted octanol–water partition coefficient (Wildman–Crippen LogP) is 8.68. The number of ether oxygens (including phenoxy) is 2. The van der Waals surface area contributed by atoms with Gasteiger partial charge in [-0.25, -0.2) is 28.0 Å². The van der Waals surface area contributed by atoms with Gasteiger partial charge in [0.2, 0.25) is 0 Å². The molecule has 0 aliphatic carbocycles. The van der Waals surface area contributed by atoms with Crippen molar-refractivity contribution in [2.75, 3.05) is 56.4 Å². The normalized spacial score (nSPS) is 11.5. The molecule has 0 aliphatic heterocycles. The van der Waals surface area contributed by atoms with E-state index >= 15 is 8.78 Å². The molecule has 0 bridgehead atoms. The van der Waals surface area contributed by atoms with Gasteiger partial charge in [-0.3, -0.25) is 0 Å². The van der Waals surface area contributed by atoms with E-state index in [1.165, 1.54) is 43.5 Å². The van der Waals surface area contributed by atoms with Gasteiger partial charge in [-0.2, -0.15) is 0 Å². The quantitative estimate of drug-likeness (QED) is 0.0557. The Hall–Kier alpha value is -5.68. The highest BCUT2D eigenvalue weighted by Crippen LogP contribution is 2.34. The molecular formula is C46H48F2N4O8S2. The van der Waals surface area contributed by atoms with Crippen LogP contribution in [0.15, 0.2) is 91.2 Å². The molecule has 16 heteroatoms. The summed E-state index contributed by atoms with van der Waals surface area (Å²) in [5, 5.41) is 1.29. The summed E-state index contributed by atoms with van der Waals surface area (Å²) < 4.78 is 54.4. The standard InChI is InChI=1S/C46H48F2N4O8S2/c1-49(2)23-37-33-17-15-31(57-45(55)51(5)6)21-39(33)59-43(53)35(37)19-27-11-9-13-29(41(27)47)25-61-62-26-30-14-10-12-28(42(30)48)20-36-38(24-50(3)4)34-18-16-32(58-46(56)52(7)8)22-40(34)60-44(36)54/h9-18,21-22H,19-20,23-26H2,1-8H3. The van der Waals surface area contributed by atoms with Crippen LogP contribution < -0.4 is 20.7 Å². The molecule has 0 N–H and O–H groups in total. The lowest BCUT2D eigenvalue weighted by atomic mass is 9.97. The lowest BCUT2D eigenvalue weighted by Crippen LogP contribution is -2.25. The fourth-order valence-corrected chi connectivity index (χ4v) is 8.91. The van der Waals surface area contributed by atoms with Gasteiger partial charge in [-0.05, 0) is 85.8 Å².